The third kappa shape index (κ3) is 3.91. The zero-order valence-corrected chi connectivity index (χ0v) is 16.7. The van der Waals surface area contributed by atoms with Crippen LogP contribution in [0, 0.1) is 0 Å². The van der Waals surface area contributed by atoms with Crippen molar-refractivity contribution in [2.75, 3.05) is 5.32 Å². The average molecular weight is 401 g/mol. The highest BCUT2D eigenvalue weighted by atomic mass is 16.1. The third-order valence-electron chi connectivity index (χ3n) is 5.14. The monoisotopic (exact) mass is 401 g/mol. The summed E-state index contributed by atoms with van der Waals surface area (Å²) in [5, 5.41) is 5.65. The lowest BCUT2D eigenvalue weighted by atomic mass is 10.1. The number of fused-ring (bicyclic) bond motifs is 2. The number of ketones is 1. The van der Waals surface area contributed by atoms with E-state index in [1.807, 2.05) is 72.8 Å². The number of hydrogen-bond donors (Lipinski definition) is 1. The topological polar surface area (TPSA) is 54.9 Å². The van der Waals surface area contributed by atoms with Crippen LogP contribution in [0.4, 0.5) is 11.4 Å². The summed E-state index contributed by atoms with van der Waals surface area (Å²) >= 11 is 0. The Kier molecular flexibility index (Phi) is 4.95. The van der Waals surface area contributed by atoms with Crippen LogP contribution in [0.1, 0.15) is 15.9 Å². The molecule has 0 amide bonds. The lowest BCUT2D eigenvalue weighted by Crippen LogP contribution is -1.97. The number of benzene rings is 3. The molecule has 4 nitrogen and oxygen atoms in total. The van der Waals surface area contributed by atoms with Crippen molar-refractivity contribution in [2.45, 2.75) is 0 Å². The van der Waals surface area contributed by atoms with Crippen LogP contribution in [-0.4, -0.2) is 15.8 Å². The van der Waals surface area contributed by atoms with Gasteiger partial charge in [-0.1, -0.05) is 42.5 Å². The Morgan fingerprint density at radius 2 is 1.45 bits per heavy atom. The number of anilines is 2. The molecule has 5 aromatic rings. The SMILES string of the molecule is O=C(/C=C/c1cccnc1)c1ccc(Nc2c3ccccc3nc3ccccc23)cc1. The van der Waals surface area contributed by atoms with Crippen molar-refractivity contribution in [3.8, 4) is 0 Å². The number of pyridine rings is 2. The molecule has 0 saturated carbocycles. The van der Waals surface area contributed by atoms with Gasteiger partial charge in [0.15, 0.2) is 5.78 Å². The number of rotatable bonds is 5. The van der Waals surface area contributed by atoms with E-state index < -0.39 is 0 Å². The van der Waals surface area contributed by atoms with Crippen LogP contribution in [0.15, 0.2) is 103 Å². The normalized spacial score (nSPS) is 11.2. The minimum Gasteiger partial charge on any atom is -0.354 e. The number of nitrogens with one attached hydrogen (secondary N) is 1. The summed E-state index contributed by atoms with van der Waals surface area (Å²) in [6.45, 7) is 0. The minimum atomic E-state index is -0.0461. The van der Waals surface area contributed by atoms with Gasteiger partial charge in [0.05, 0.1) is 16.7 Å². The molecular formula is C27H19N3O. The summed E-state index contributed by atoms with van der Waals surface area (Å²) in [6, 6.07) is 27.5. The minimum absolute atomic E-state index is 0.0461. The number of para-hydroxylation sites is 2. The molecule has 3 aromatic carbocycles. The molecule has 0 spiro atoms. The molecule has 0 aliphatic rings. The van der Waals surface area contributed by atoms with Crippen LogP contribution in [0.25, 0.3) is 27.9 Å². The zero-order valence-electron chi connectivity index (χ0n) is 16.7. The molecule has 0 radical (unpaired) electrons. The van der Waals surface area contributed by atoms with Crippen molar-refractivity contribution < 1.29 is 4.79 Å². The van der Waals surface area contributed by atoms with Crippen LogP contribution >= 0.6 is 0 Å². The maximum Gasteiger partial charge on any atom is 0.185 e. The van der Waals surface area contributed by atoms with Gasteiger partial charge < -0.3 is 5.32 Å². The van der Waals surface area contributed by atoms with Crippen molar-refractivity contribution in [2.24, 2.45) is 0 Å². The summed E-state index contributed by atoms with van der Waals surface area (Å²) < 4.78 is 0. The molecule has 0 unspecified atom stereocenters. The first kappa shape index (κ1) is 18.7. The molecule has 0 saturated heterocycles. The van der Waals surface area contributed by atoms with E-state index in [1.165, 1.54) is 0 Å². The Balaban J connectivity index is 1.44. The molecular weight excluding hydrogens is 382 g/mol. The van der Waals surface area contributed by atoms with Crippen LogP contribution in [0.5, 0.6) is 0 Å². The van der Waals surface area contributed by atoms with Gasteiger partial charge in [-0.3, -0.25) is 9.78 Å². The second kappa shape index (κ2) is 8.20. The molecule has 0 aliphatic heterocycles. The van der Waals surface area contributed by atoms with Crippen molar-refractivity contribution in [3.05, 3.63) is 115 Å². The number of carbonyl (C=O) groups excluding carboxylic acids is 1. The van der Waals surface area contributed by atoms with Crippen molar-refractivity contribution in [1.29, 1.82) is 0 Å². The molecule has 4 heteroatoms. The number of aromatic nitrogens is 2. The molecule has 2 aromatic heterocycles. The highest BCUT2D eigenvalue weighted by molar-refractivity contribution is 6.09. The fourth-order valence-corrected chi connectivity index (χ4v) is 3.58. The fraction of sp³-hybridized carbons (Fsp3) is 0. The van der Waals surface area contributed by atoms with Gasteiger partial charge in [-0.25, -0.2) is 4.98 Å². The molecule has 0 fully saturated rings. The van der Waals surface area contributed by atoms with E-state index in [2.05, 4.69) is 22.4 Å². The van der Waals surface area contributed by atoms with E-state index in [9.17, 15) is 4.79 Å². The Morgan fingerprint density at radius 3 is 2.10 bits per heavy atom. The van der Waals surface area contributed by atoms with Crippen molar-refractivity contribution in [3.63, 3.8) is 0 Å². The maximum atomic E-state index is 12.5. The fourth-order valence-electron chi connectivity index (χ4n) is 3.58. The van der Waals surface area contributed by atoms with Crippen LogP contribution in [-0.2, 0) is 0 Å². The lowest BCUT2D eigenvalue weighted by molar-refractivity contribution is 0.104. The molecule has 1 N–H and O–H groups in total. The smallest absolute Gasteiger partial charge is 0.185 e. The summed E-state index contributed by atoms with van der Waals surface area (Å²) in [5.41, 5.74) is 5.33. The Morgan fingerprint density at radius 1 is 0.774 bits per heavy atom. The number of carbonyl (C=O) groups is 1. The van der Waals surface area contributed by atoms with Gasteiger partial charge in [0, 0.05) is 34.4 Å². The van der Waals surface area contributed by atoms with Gasteiger partial charge in [-0.05, 0) is 60.2 Å². The quantitative estimate of drug-likeness (QED) is 0.210. The summed E-state index contributed by atoms with van der Waals surface area (Å²) in [5.74, 6) is -0.0461. The summed E-state index contributed by atoms with van der Waals surface area (Å²) in [4.78, 5) is 21.3. The van der Waals surface area contributed by atoms with Crippen LogP contribution in [0.2, 0.25) is 0 Å². The van der Waals surface area contributed by atoms with E-state index in [-0.39, 0.29) is 5.78 Å². The lowest BCUT2D eigenvalue weighted by Gasteiger charge is -2.13. The first-order chi connectivity index (χ1) is 15.3. The van der Waals surface area contributed by atoms with Crippen LogP contribution in [0.3, 0.4) is 0 Å². The standard InChI is InChI=1S/C27H19N3O/c31-26(16-11-19-6-5-17-28-18-19)20-12-14-21(15-13-20)29-27-22-7-1-3-9-24(22)30-25-10-4-2-8-23(25)27/h1-18H,(H,29,30)/b16-11+. The number of hydrogen-bond acceptors (Lipinski definition) is 4. The van der Waals surface area contributed by atoms with E-state index in [4.69, 9.17) is 4.98 Å². The highest BCUT2D eigenvalue weighted by Crippen LogP contribution is 2.33. The Labute approximate surface area is 179 Å². The van der Waals surface area contributed by atoms with E-state index in [1.54, 1.807) is 24.5 Å². The van der Waals surface area contributed by atoms with Gasteiger partial charge in [-0.15, -0.1) is 0 Å². The molecule has 2 heterocycles. The Hall–Kier alpha value is -4.31. The average Bonchev–Trinajstić information content (AvgIpc) is 2.83. The molecule has 0 atom stereocenters. The largest absolute Gasteiger partial charge is 0.354 e. The highest BCUT2D eigenvalue weighted by Gasteiger charge is 2.09. The predicted octanol–water partition coefficient (Wildman–Crippen LogP) is 6.42. The molecule has 0 aliphatic carbocycles. The van der Waals surface area contributed by atoms with Gasteiger partial charge in [0.2, 0.25) is 0 Å². The van der Waals surface area contributed by atoms with Gasteiger partial charge in [0.1, 0.15) is 0 Å². The van der Waals surface area contributed by atoms with Gasteiger partial charge in [-0.2, -0.15) is 0 Å². The summed E-state index contributed by atoms with van der Waals surface area (Å²) in [7, 11) is 0. The number of nitrogens with zero attached hydrogens (tertiary/aromatic N) is 2. The van der Waals surface area contributed by atoms with E-state index in [0.29, 0.717) is 5.56 Å². The van der Waals surface area contributed by atoms with E-state index in [0.717, 1.165) is 38.7 Å². The second-order valence-electron chi connectivity index (χ2n) is 7.21. The van der Waals surface area contributed by atoms with Gasteiger partial charge in [0.25, 0.3) is 0 Å². The van der Waals surface area contributed by atoms with Crippen molar-refractivity contribution in [1.82, 2.24) is 9.97 Å². The summed E-state index contributed by atoms with van der Waals surface area (Å²) in [6.07, 6.45) is 6.78. The Bertz CT molecular complexity index is 1350. The van der Waals surface area contributed by atoms with Crippen molar-refractivity contribution >= 4 is 45.0 Å². The molecule has 0 bridgehead atoms. The first-order valence-corrected chi connectivity index (χ1v) is 10.0. The maximum absolute atomic E-state index is 12.5. The number of allylic oxidation sites excluding steroid dienone is 1. The molecule has 148 valence electrons. The van der Waals surface area contributed by atoms with E-state index >= 15 is 0 Å². The molecule has 5 rings (SSSR count). The van der Waals surface area contributed by atoms with Gasteiger partial charge >= 0.3 is 0 Å². The molecule has 31 heavy (non-hydrogen) atoms. The first-order valence-electron chi connectivity index (χ1n) is 10.0. The zero-order chi connectivity index (χ0) is 21.0. The predicted molar refractivity (Wildman–Crippen MR) is 127 cm³/mol. The van der Waals surface area contributed by atoms with Crippen LogP contribution < -0.4 is 5.32 Å². The third-order valence-corrected chi connectivity index (χ3v) is 5.14. The second-order valence-corrected chi connectivity index (χ2v) is 7.21.